The van der Waals surface area contributed by atoms with Crippen molar-refractivity contribution >= 4 is 10.9 Å². The van der Waals surface area contributed by atoms with E-state index < -0.39 is 11.7 Å². The van der Waals surface area contributed by atoms with Gasteiger partial charge in [-0.3, -0.25) is 13.9 Å². The van der Waals surface area contributed by atoms with Gasteiger partial charge in [-0.1, -0.05) is 12.0 Å². The van der Waals surface area contributed by atoms with Crippen LogP contribution in [0.15, 0.2) is 46.0 Å². The van der Waals surface area contributed by atoms with E-state index in [-0.39, 0.29) is 18.3 Å². The highest BCUT2D eigenvalue weighted by Gasteiger charge is 2.23. The van der Waals surface area contributed by atoms with Gasteiger partial charge in [0.15, 0.2) is 17.6 Å². The fourth-order valence-corrected chi connectivity index (χ4v) is 4.27. The molecule has 1 saturated heterocycles. The maximum absolute atomic E-state index is 13.7. The lowest BCUT2D eigenvalue weighted by Gasteiger charge is -2.26. The number of fused-ring (bicyclic) bond motifs is 1. The monoisotopic (exact) mass is 464 g/mol. The number of terminal acetylenes is 1. The molecular weight excluding hydrogens is 436 g/mol. The molecule has 0 spiro atoms. The Morgan fingerprint density at radius 2 is 1.82 bits per heavy atom. The summed E-state index contributed by atoms with van der Waals surface area (Å²) in [4.78, 5) is 27.2. The van der Waals surface area contributed by atoms with Crippen LogP contribution in [0.5, 0.6) is 17.2 Å². The molecule has 1 atom stereocenters. The van der Waals surface area contributed by atoms with Crippen LogP contribution in [0.1, 0.15) is 31.4 Å². The molecule has 0 amide bonds. The third-order valence-electron chi connectivity index (χ3n) is 6.03. The zero-order valence-electron chi connectivity index (χ0n) is 19.6. The number of nitrogens with zero attached hydrogens (tertiary/aromatic N) is 2. The Balaban J connectivity index is 1.89. The van der Waals surface area contributed by atoms with Gasteiger partial charge in [-0.15, -0.1) is 6.42 Å². The molecule has 0 radical (unpaired) electrons. The number of ether oxygens (including phenoxy) is 4. The van der Waals surface area contributed by atoms with E-state index in [4.69, 9.17) is 25.4 Å². The van der Waals surface area contributed by atoms with Gasteiger partial charge in [0, 0.05) is 19.3 Å². The lowest BCUT2D eigenvalue weighted by atomic mass is 10.1. The van der Waals surface area contributed by atoms with Gasteiger partial charge in [0.1, 0.15) is 5.75 Å². The molecule has 2 aromatic carbocycles. The highest BCUT2D eigenvalue weighted by Crippen LogP contribution is 2.28. The van der Waals surface area contributed by atoms with Crippen LogP contribution in [0, 0.1) is 12.3 Å². The maximum atomic E-state index is 13.7. The topological polar surface area (TPSA) is 80.9 Å². The van der Waals surface area contributed by atoms with Crippen molar-refractivity contribution in [3.8, 4) is 29.6 Å². The molecule has 34 heavy (non-hydrogen) atoms. The molecular formula is C26H28N2O6. The Kier molecular flexibility index (Phi) is 6.94. The van der Waals surface area contributed by atoms with Crippen molar-refractivity contribution in [2.24, 2.45) is 0 Å². The quantitative estimate of drug-likeness (QED) is 0.500. The summed E-state index contributed by atoms with van der Waals surface area (Å²) >= 11 is 0. The molecule has 178 valence electrons. The molecule has 0 N–H and O–H groups in total. The Labute approximate surface area is 197 Å². The number of benzene rings is 2. The molecule has 2 heterocycles. The summed E-state index contributed by atoms with van der Waals surface area (Å²) in [6.07, 6.45) is 6.37. The number of methoxy groups -OCH3 is 2. The predicted octanol–water partition coefficient (Wildman–Crippen LogP) is 2.98. The van der Waals surface area contributed by atoms with Crippen molar-refractivity contribution in [2.75, 3.05) is 27.4 Å². The molecule has 1 aliphatic heterocycles. The summed E-state index contributed by atoms with van der Waals surface area (Å²) < 4.78 is 24.9. The van der Waals surface area contributed by atoms with E-state index in [2.05, 4.69) is 5.92 Å². The molecule has 1 unspecified atom stereocenters. The van der Waals surface area contributed by atoms with Gasteiger partial charge in [-0.2, -0.15) is 0 Å². The Morgan fingerprint density at radius 3 is 2.50 bits per heavy atom. The number of hydrogen-bond donors (Lipinski definition) is 0. The third-order valence-corrected chi connectivity index (χ3v) is 6.03. The molecule has 4 rings (SSSR count). The smallest absolute Gasteiger partial charge is 0.332 e. The molecule has 0 aliphatic carbocycles. The Hall–Kier alpha value is -3.70. The zero-order chi connectivity index (χ0) is 24.2. The molecule has 1 aromatic heterocycles. The van der Waals surface area contributed by atoms with Crippen LogP contribution >= 0.6 is 0 Å². The summed E-state index contributed by atoms with van der Waals surface area (Å²) in [5.74, 6) is 4.09. The minimum absolute atomic E-state index is 0.0718. The first kappa shape index (κ1) is 23.5. The van der Waals surface area contributed by atoms with E-state index in [1.807, 2.05) is 6.07 Å². The van der Waals surface area contributed by atoms with E-state index in [1.54, 1.807) is 56.0 Å². The van der Waals surface area contributed by atoms with Crippen LogP contribution in [0.3, 0.4) is 0 Å². The highest BCUT2D eigenvalue weighted by molar-refractivity contribution is 5.80. The first-order valence-electron chi connectivity index (χ1n) is 11.2. The van der Waals surface area contributed by atoms with Gasteiger partial charge in [-0.25, -0.2) is 4.79 Å². The van der Waals surface area contributed by atoms with Gasteiger partial charge in [0.25, 0.3) is 5.56 Å². The van der Waals surface area contributed by atoms with E-state index in [9.17, 15) is 9.59 Å². The van der Waals surface area contributed by atoms with Gasteiger partial charge < -0.3 is 18.9 Å². The molecule has 1 fully saturated rings. The fourth-order valence-electron chi connectivity index (χ4n) is 4.27. The fraction of sp³-hybridized carbons (Fsp3) is 0.385. The second-order valence-electron chi connectivity index (χ2n) is 8.18. The minimum atomic E-state index is -0.451. The maximum Gasteiger partial charge on any atom is 0.332 e. The van der Waals surface area contributed by atoms with Crippen molar-refractivity contribution in [3.63, 3.8) is 0 Å². The summed E-state index contributed by atoms with van der Waals surface area (Å²) in [6, 6.07) is 10.4. The summed E-state index contributed by atoms with van der Waals surface area (Å²) in [5.41, 5.74) is 0.566. The Morgan fingerprint density at radius 1 is 1.09 bits per heavy atom. The summed E-state index contributed by atoms with van der Waals surface area (Å²) in [6.45, 7) is 2.97. The molecule has 8 nitrogen and oxygen atoms in total. The highest BCUT2D eigenvalue weighted by atomic mass is 16.5. The van der Waals surface area contributed by atoms with Crippen LogP contribution in [-0.4, -0.2) is 42.7 Å². The van der Waals surface area contributed by atoms with E-state index in [0.29, 0.717) is 54.2 Å². The number of aromatic nitrogens is 2. The van der Waals surface area contributed by atoms with E-state index >= 15 is 0 Å². The number of hydrogen-bond acceptors (Lipinski definition) is 6. The van der Waals surface area contributed by atoms with Crippen molar-refractivity contribution in [3.05, 3.63) is 62.8 Å². The summed E-state index contributed by atoms with van der Waals surface area (Å²) in [7, 11) is 3.10. The predicted molar refractivity (Wildman–Crippen MR) is 129 cm³/mol. The zero-order valence-corrected chi connectivity index (χ0v) is 19.6. The van der Waals surface area contributed by atoms with E-state index in [0.717, 1.165) is 5.56 Å². The summed E-state index contributed by atoms with van der Waals surface area (Å²) in [5, 5.41) is 0.397. The molecule has 3 aromatic rings. The average Bonchev–Trinajstić information content (AvgIpc) is 2.87. The van der Waals surface area contributed by atoms with Crippen LogP contribution in [0.25, 0.3) is 10.9 Å². The van der Waals surface area contributed by atoms with Gasteiger partial charge in [0.2, 0.25) is 0 Å². The SMILES string of the molecule is C#CC(C)Oc1ccc2c(c1)c(=O)n(Cc1ccc(OC)c(OC)c1)c(=O)n2C1CCOCC1. The average molecular weight is 465 g/mol. The second kappa shape index (κ2) is 10.1. The Bertz CT molecular complexity index is 1340. The third kappa shape index (κ3) is 4.52. The van der Waals surface area contributed by atoms with Crippen molar-refractivity contribution in [1.82, 2.24) is 9.13 Å². The standard InChI is InChI=1S/C26H28N2O6/c1-5-17(2)34-20-7-8-22-21(15-20)25(29)27(26(30)28(22)19-10-12-33-13-11-19)16-18-6-9-23(31-3)24(14-18)32-4/h1,6-9,14-15,17,19H,10-13,16H2,2-4H3. The largest absolute Gasteiger partial charge is 0.493 e. The van der Waals surface area contributed by atoms with Crippen LogP contribution < -0.4 is 25.5 Å². The molecule has 1 aliphatic rings. The van der Waals surface area contributed by atoms with Crippen molar-refractivity contribution in [2.45, 2.75) is 38.5 Å². The first-order chi connectivity index (χ1) is 16.5. The van der Waals surface area contributed by atoms with Crippen LogP contribution in [0.4, 0.5) is 0 Å². The normalized spacial score (nSPS) is 15.0. The van der Waals surface area contributed by atoms with E-state index in [1.165, 1.54) is 4.57 Å². The molecule has 0 bridgehead atoms. The lowest BCUT2D eigenvalue weighted by Crippen LogP contribution is -2.42. The first-order valence-corrected chi connectivity index (χ1v) is 11.2. The van der Waals surface area contributed by atoms with Crippen molar-refractivity contribution < 1.29 is 18.9 Å². The second-order valence-corrected chi connectivity index (χ2v) is 8.18. The molecule has 8 heteroatoms. The van der Waals surface area contributed by atoms with Crippen molar-refractivity contribution in [1.29, 1.82) is 0 Å². The minimum Gasteiger partial charge on any atom is -0.493 e. The lowest BCUT2D eigenvalue weighted by molar-refractivity contribution is 0.0691. The number of rotatable bonds is 7. The van der Waals surface area contributed by atoms with Crippen LogP contribution in [-0.2, 0) is 11.3 Å². The van der Waals surface area contributed by atoms with Gasteiger partial charge in [0.05, 0.1) is 31.7 Å². The van der Waals surface area contributed by atoms with Crippen LogP contribution in [0.2, 0.25) is 0 Å². The van der Waals surface area contributed by atoms with Gasteiger partial charge >= 0.3 is 5.69 Å². The molecule has 0 saturated carbocycles. The van der Waals surface area contributed by atoms with Gasteiger partial charge in [-0.05, 0) is 55.7 Å².